The lowest BCUT2D eigenvalue weighted by molar-refractivity contribution is 0.0154. The third kappa shape index (κ3) is 4.16. The Morgan fingerprint density at radius 3 is 2.93 bits per heavy atom. The Hall–Kier alpha value is -2.35. The normalized spacial score (nSPS) is 16.3. The summed E-state index contributed by atoms with van der Waals surface area (Å²) in [7, 11) is 0. The summed E-state index contributed by atoms with van der Waals surface area (Å²) in [4.78, 5) is 24.0. The van der Waals surface area contributed by atoms with Crippen molar-refractivity contribution in [1.82, 2.24) is 20.2 Å². The maximum absolute atomic E-state index is 12.7. The molecule has 0 radical (unpaired) electrons. The van der Waals surface area contributed by atoms with Crippen LogP contribution >= 0.6 is 11.3 Å². The van der Waals surface area contributed by atoms with Crippen molar-refractivity contribution < 1.29 is 9.53 Å². The van der Waals surface area contributed by atoms with Crippen molar-refractivity contribution in [3.63, 3.8) is 0 Å². The number of hydrogen-bond acceptors (Lipinski definition) is 6. The summed E-state index contributed by atoms with van der Waals surface area (Å²) < 4.78 is 6.51. The van der Waals surface area contributed by atoms with E-state index in [1.807, 2.05) is 43.3 Å². The van der Waals surface area contributed by atoms with Gasteiger partial charge in [0.25, 0.3) is 5.91 Å². The van der Waals surface area contributed by atoms with Gasteiger partial charge >= 0.3 is 0 Å². The summed E-state index contributed by atoms with van der Waals surface area (Å²) >= 11 is 1.60. The lowest BCUT2D eigenvalue weighted by atomic mass is 10.1. The van der Waals surface area contributed by atoms with Crippen LogP contribution in [-0.2, 0) is 4.74 Å². The standard InChI is InChI=1S/C20H22N4O2S/c1-14-23-17-6-5-15(12-19(17)27-14)20(25)22-13-18(16-4-2-3-7-21-16)24-8-10-26-11-9-24/h2-7,12,18H,8-11,13H2,1H3,(H,22,25)/t18-/m1/s1. The van der Waals surface area contributed by atoms with Gasteiger partial charge in [-0.2, -0.15) is 0 Å². The van der Waals surface area contributed by atoms with Crippen LogP contribution in [0, 0.1) is 6.92 Å². The second-order valence-corrected chi connectivity index (χ2v) is 7.78. The number of thiazole rings is 1. The summed E-state index contributed by atoms with van der Waals surface area (Å²) in [5.41, 5.74) is 2.56. The van der Waals surface area contributed by atoms with Crippen LogP contribution in [0.2, 0.25) is 0 Å². The number of aryl methyl sites for hydroxylation is 1. The van der Waals surface area contributed by atoms with E-state index in [9.17, 15) is 4.79 Å². The van der Waals surface area contributed by atoms with E-state index in [-0.39, 0.29) is 11.9 Å². The van der Waals surface area contributed by atoms with E-state index in [1.54, 1.807) is 17.5 Å². The molecule has 1 aromatic carbocycles. The molecular weight excluding hydrogens is 360 g/mol. The van der Waals surface area contributed by atoms with E-state index >= 15 is 0 Å². The van der Waals surface area contributed by atoms with E-state index in [2.05, 4.69) is 20.2 Å². The second kappa shape index (κ2) is 8.12. The lowest BCUT2D eigenvalue weighted by Gasteiger charge is -2.34. The highest BCUT2D eigenvalue weighted by atomic mass is 32.1. The van der Waals surface area contributed by atoms with E-state index in [1.165, 1.54) is 0 Å². The maximum Gasteiger partial charge on any atom is 0.251 e. The Balaban J connectivity index is 1.49. The average molecular weight is 382 g/mol. The molecule has 1 aliphatic heterocycles. The summed E-state index contributed by atoms with van der Waals surface area (Å²) in [6.45, 7) is 5.57. The average Bonchev–Trinajstić information content (AvgIpc) is 3.09. The Bertz CT molecular complexity index is 922. The molecule has 0 saturated carbocycles. The van der Waals surface area contributed by atoms with Crippen LogP contribution in [0.4, 0.5) is 0 Å². The molecule has 2 aromatic heterocycles. The SMILES string of the molecule is Cc1nc2ccc(C(=O)NC[C@H](c3ccccn3)N3CCOCC3)cc2s1. The molecule has 0 unspecified atom stereocenters. The molecule has 1 saturated heterocycles. The number of benzene rings is 1. The number of ether oxygens (including phenoxy) is 1. The van der Waals surface area contributed by atoms with Gasteiger partial charge < -0.3 is 10.1 Å². The molecule has 1 atom stereocenters. The zero-order chi connectivity index (χ0) is 18.6. The molecule has 0 bridgehead atoms. The van der Waals surface area contributed by atoms with Crippen LogP contribution in [0.3, 0.4) is 0 Å². The molecule has 0 aliphatic carbocycles. The van der Waals surface area contributed by atoms with E-state index in [0.29, 0.717) is 25.3 Å². The van der Waals surface area contributed by atoms with Gasteiger partial charge in [0.2, 0.25) is 0 Å². The predicted molar refractivity (Wildman–Crippen MR) is 106 cm³/mol. The fourth-order valence-electron chi connectivity index (χ4n) is 3.36. The van der Waals surface area contributed by atoms with Gasteiger partial charge in [-0.15, -0.1) is 11.3 Å². The number of nitrogens with zero attached hydrogens (tertiary/aromatic N) is 3. The van der Waals surface area contributed by atoms with Crippen LogP contribution in [0.25, 0.3) is 10.2 Å². The molecule has 1 fully saturated rings. The minimum Gasteiger partial charge on any atom is -0.379 e. The number of aromatic nitrogens is 2. The third-order valence-corrected chi connectivity index (χ3v) is 5.66. The Morgan fingerprint density at radius 2 is 2.15 bits per heavy atom. The van der Waals surface area contributed by atoms with Crippen molar-refractivity contribution in [2.75, 3.05) is 32.8 Å². The molecule has 0 spiro atoms. The summed E-state index contributed by atoms with van der Waals surface area (Å²) in [5.74, 6) is -0.0721. The Morgan fingerprint density at radius 1 is 1.30 bits per heavy atom. The van der Waals surface area contributed by atoms with Gasteiger partial charge in [0.15, 0.2) is 0 Å². The minimum absolute atomic E-state index is 0.0356. The number of amides is 1. The molecule has 3 aromatic rings. The van der Waals surface area contributed by atoms with Crippen LogP contribution in [-0.4, -0.2) is 53.6 Å². The largest absolute Gasteiger partial charge is 0.379 e. The van der Waals surface area contributed by atoms with Gasteiger partial charge in [0, 0.05) is 31.4 Å². The first-order valence-electron chi connectivity index (χ1n) is 9.09. The van der Waals surface area contributed by atoms with Crippen molar-refractivity contribution >= 4 is 27.5 Å². The van der Waals surface area contributed by atoms with E-state index in [0.717, 1.165) is 34.0 Å². The van der Waals surface area contributed by atoms with Gasteiger partial charge in [0.05, 0.1) is 40.2 Å². The molecule has 1 aliphatic rings. The molecular formula is C20H22N4O2S. The predicted octanol–water partition coefficient (Wildman–Crippen LogP) is 2.80. The highest BCUT2D eigenvalue weighted by molar-refractivity contribution is 7.18. The molecule has 1 N–H and O–H groups in total. The Kier molecular flexibility index (Phi) is 5.42. The number of carbonyl (C=O) groups excluding carboxylic acids is 1. The lowest BCUT2D eigenvalue weighted by Crippen LogP contribution is -2.44. The molecule has 4 rings (SSSR count). The topological polar surface area (TPSA) is 67.4 Å². The van der Waals surface area contributed by atoms with Crippen LogP contribution in [0.5, 0.6) is 0 Å². The first-order chi connectivity index (χ1) is 13.2. The fraction of sp³-hybridized carbons (Fsp3) is 0.350. The maximum atomic E-state index is 12.7. The van der Waals surface area contributed by atoms with Gasteiger partial charge in [-0.1, -0.05) is 6.07 Å². The number of pyridine rings is 1. The van der Waals surface area contributed by atoms with E-state index < -0.39 is 0 Å². The quantitative estimate of drug-likeness (QED) is 0.735. The van der Waals surface area contributed by atoms with Gasteiger partial charge in [-0.25, -0.2) is 4.98 Å². The zero-order valence-electron chi connectivity index (χ0n) is 15.2. The van der Waals surface area contributed by atoms with Crippen molar-refractivity contribution in [2.24, 2.45) is 0 Å². The van der Waals surface area contributed by atoms with Crippen LogP contribution in [0.15, 0.2) is 42.6 Å². The number of rotatable bonds is 5. The van der Waals surface area contributed by atoms with Crippen LogP contribution in [0.1, 0.15) is 27.1 Å². The highest BCUT2D eigenvalue weighted by Crippen LogP contribution is 2.23. The first-order valence-corrected chi connectivity index (χ1v) is 9.90. The highest BCUT2D eigenvalue weighted by Gasteiger charge is 2.24. The molecule has 140 valence electrons. The summed E-state index contributed by atoms with van der Waals surface area (Å²) in [6.07, 6.45) is 1.80. The molecule has 27 heavy (non-hydrogen) atoms. The van der Waals surface area contributed by atoms with E-state index in [4.69, 9.17) is 4.74 Å². The molecule has 7 heteroatoms. The summed E-state index contributed by atoms with van der Waals surface area (Å²) in [6, 6.07) is 11.6. The number of morpholine rings is 1. The fourth-order valence-corrected chi connectivity index (χ4v) is 4.22. The second-order valence-electron chi connectivity index (χ2n) is 6.54. The summed E-state index contributed by atoms with van der Waals surface area (Å²) in [5, 5.41) is 4.09. The molecule has 3 heterocycles. The Labute approximate surface area is 162 Å². The number of fused-ring (bicyclic) bond motifs is 1. The monoisotopic (exact) mass is 382 g/mol. The van der Waals surface area contributed by atoms with Crippen LogP contribution < -0.4 is 5.32 Å². The number of carbonyl (C=O) groups is 1. The van der Waals surface area contributed by atoms with Gasteiger partial charge in [-0.05, 0) is 37.3 Å². The van der Waals surface area contributed by atoms with Crippen molar-refractivity contribution in [3.05, 3.63) is 58.9 Å². The molecule has 1 amide bonds. The number of hydrogen-bond donors (Lipinski definition) is 1. The van der Waals surface area contributed by atoms with Crippen molar-refractivity contribution in [3.8, 4) is 0 Å². The molecule has 6 nitrogen and oxygen atoms in total. The zero-order valence-corrected chi connectivity index (χ0v) is 16.0. The van der Waals surface area contributed by atoms with Crippen molar-refractivity contribution in [2.45, 2.75) is 13.0 Å². The minimum atomic E-state index is -0.0721. The number of nitrogens with one attached hydrogen (secondary N) is 1. The third-order valence-electron chi connectivity index (χ3n) is 4.73. The first kappa shape index (κ1) is 18.0. The van der Waals surface area contributed by atoms with Crippen molar-refractivity contribution in [1.29, 1.82) is 0 Å². The van der Waals surface area contributed by atoms with Gasteiger partial charge in [0.1, 0.15) is 0 Å². The smallest absolute Gasteiger partial charge is 0.251 e. The van der Waals surface area contributed by atoms with Gasteiger partial charge in [-0.3, -0.25) is 14.7 Å².